The second-order valence-corrected chi connectivity index (χ2v) is 3.41. The molecule has 6 heteroatoms. The van der Waals surface area contributed by atoms with Gasteiger partial charge in [0.05, 0.1) is 0 Å². The van der Waals surface area contributed by atoms with Gasteiger partial charge >= 0.3 is 5.97 Å². The molecule has 2 aromatic rings. The summed E-state index contributed by atoms with van der Waals surface area (Å²) in [6.07, 6.45) is 0. The molecule has 2 rings (SSSR count). The van der Waals surface area contributed by atoms with Crippen molar-refractivity contribution in [3.63, 3.8) is 0 Å². The highest BCUT2D eigenvalue weighted by Gasteiger charge is 2.20. The minimum atomic E-state index is -1.26. The second-order valence-electron chi connectivity index (χ2n) is 3.03. The summed E-state index contributed by atoms with van der Waals surface area (Å²) in [6.45, 7) is 0. The van der Waals surface area contributed by atoms with E-state index in [1.807, 2.05) is 0 Å². The fraction of sp³-hybridized carbons (Fsp3) is 0. The van der Waals surface area contributed by atoms with Gasteiger partial charge in [-0.1, -0.05) is 28.9 Å². The van der Waals surface area contributed by atoms with Gasteiger partial charge in [0.25, 0.3) is 0 Å². The number of hydrogen-bond donors (Lipinski definition) is 2. The largest absolute Gasteiger partial charge is 0.508 e. The van der Waals surface area contributed by atoms with Crippen molar-refractivity contribution in [1.82, 2.24) is 5.16 Å². The molecule has 5 nitrogen and oxygen atoms in total. The summed E-state index contributed by atoms with van der Waals surface area (Å²) in [4.78, 5) is 10.7. The fourth-order valence-electron chi connectivity index (χ4n) is 1.24. The van der Waals surface area contributed by atoms with Gasteiger partial charge in [-0.25, -0.2) is 4.79 Å². The number of phenolic OH excluding ortho intramolecular Hbond substituents is 1. The molecule has 0 saturated carbocycles. The van der Waals surface area contributed by atoms with Crippen LogP contribution in [-0.4, -0.2) is 21.3 Å². The molecule has 0 fully saturated rings. The van der Waals surface area contributed by atoms with E-state index < -0.39 is 5.97 Å². The van der Waals surface area contributed by atoms with Crippen LogP contribution in [0.3, 0.4) is 0 Å². The maximum Gasteiger partial charge on any atom is 0.359 e. The molecular weight excluding hydrogens is 234 g/mol. The number of carboxylic acid groups (broad SMARTS) is 1. The summed E-state index contributed by atoms with van der Waals surface area (Å²) in [6, 6.07) is 6.09. The lowest BCUT2D eigenvalue weighted by atomic mass is 10.1. The van der Waals surface area contributed by atoms with Crippen molar-refractivity contribution < 1.29 is 19.5 Å². The molecule has 0 saturated heterocycles. The number of aromatic nitrogens is 1. The van der Waals surface area contributed by atoms with Crippen molar-refractivity contribution >= 4 is 17.6 Å². The van der Waals surface area contributed by atoms with Gasteiger partial charge in [0, 0.05) is 5.56 Å². The number of nitrogens with zero attached hydrogens (tertiary/aromatic N) is 1. The van der Waals surface area contributed by atoms with Crippen molar-refractivity contribution in [1.29, 1.82) is 0 Å². The topological polar surface area (TPSA) is 83.6 Å². The summed E-state index contributed by atoms with van der Waals surface area (Å²) in [5.41, 5.74) is 0.116. The maximum absolute atomic E-state index is 10.7. The Balaban J connectivity index is 2.53. The minimum Gasteiger partial charge on any atom is -0.508 e. The fourth-order valence-corrected chi connectivity index (χ4v) is 1.50. The Morgan fingerprint density at radius 2 is 2.19 bits per heavy atom. The van der Waals surface area contributed by atoms with E-state index in [1.54, 1.807) is 12.1 Å². The summed E-state index contributed by atoms with van der Waals surface area (Å²) < 4.78 is 4.82. The zero-order valence-corrected chi connectivity index (χ0v) is 8.60. The Kier molecular flexibility index (Phi) is 2.54. The molecule has 0 bridgehead atoms. The molecule has 82 valence electrons. The third-order valence-electron chi connectivity index (χ3n) is 1.95. The maximum atomic E-state index is 10.7. The number of carboxylic acids is 1. The Morgan fingerprint density at radius 1 is 1.44 bits per heavy atom. The summed E-state index contributed by atoms with van der Waals surface area (Å²) in [7, 11) is 0. The number of phenols is 1. The highest BCUT2D eigenvalue weighted by Crippen LogP contribution is 2.32. The molecule has 1 heterocycles. The van der Waals surface area contributed by atoms with Crippen LogP contribution in [0.4, 0.5) is 0 Å². The molecule has 2 N–H and O–H groups in total. The summed E-state index contributed by atoms with van der Waals surface area (Å²) in [5, 5.41) is 21.2. The lowest BCUT2D eigenvalue weighted by molar-refractivity contribution is 0.0686. The lowest BCUT2D eigenvalue weighted by Gasteiger charge is -1.96. The van der Waals surface area contributed by atoms with E-state index in [0.717, 1.165) is 0 Å². The van der Waals surface area contributed by atoms with Crippen LogP contribution in [0, 0.1) is 0 Å². The molecule has 0 unspecified atom stereocenters. The van der Waals surface area contributed by atoms with Crippen LogP contribution < -0.4 is 0 Å². The predicted molar refractivity (Wildman–Crippen MR) is 55.6 cm³/mol. The van der Waals surface area contributed by atoms with Crippen LogP contribution in [0.1, 0.15) is 10.5 Å². The zero-order valence-electron chi connectivity index (χ0n) is 7.85. The van der Waals surface area contributed by atoms with E-state index in [-0.39, 0.29) is 22.2 Å². The molecule has 0 amide bonds. The van der Waals surface area contributed by atoms with Crippen LogP contribution >= 0.6 is 11.6 Å². The standard InChI is InChI=1S/C10H6ClNO4/c11-7-8(10(14)15)12-16-9(7)5-2-1-3-6(13)4-5/h1-4,13H,(H,14,15). The molecule has 0 atom stereocenters. The molecule has 1 aromatic heterocycles. The van der Waals surface area contributed by atoms with E-state index in [2.05, 4.69) is 5.16 Å². The SMILES string of the molecule is O=C(O)c1noc(-c2cccc(O)c2)c1Cl. The Bertz CT molecular complexity index is 550. The van der Waals surface area contributed by atoms with Gasteiger partial charge in [-0.2, -0.15) is 0 Å². The first kappa shape index (κ1) is 10.5. The van der Waals surface area contributed by atoms with Gasteiger partial charge in [0.1, 0.15) is 10.8 Å². The van der Waals surface area contributed by atoms with E-state index in [4.69, 9.17) is 21.2 Å². The Hall–Kier alpha value is -2.01. The third-order valence-corrected chi connectivity index (χ3v) is 2.30. The molecule has 16 heavy (non-hydrogen) atoms. The number of hydrogen-bond acceptors (Lipinski definition) is 4. The monoisotopic (exact) mass is 239 g/mol. The number of aromatic hydroxyl groups is 1. The van der Waals surface area contributed by atoms with Gasteiger partial charge in [-0.3, -0.25) is 0 Å². The van der Waals surface area contributed by atoms with E-state index in [9.17, 15) is 9.90 Å². The Morgan fingerprint density at radius 3 is 2.75 bits per heavy atom. The van der Waals surface area contributed by atoms with Crippen LogP contribution in [0.25, 0.3) is 11.3 Å². The zero-order chi connectivity index (χ0) is 11.7. The average Bonchev–Trinajstić information content (AvgIpc) is 2.60. The highest BCUT2D eigenvalue weighted by molar-refractivity contribution is 6.35. The van der Waals surface area contributed by atoms with Crippen molar-refractivity contribution in [2.45, 2.75) is 0 Å². The number of carbonyl (C=O) groups is 1. The molecule has 1 aromatic carbocycles. The van der Waals surface area contributed by atoms with Gasteiger partial charge in [0.15, 0.2) is 5.76 Å². The van der Waals surface area contributed by atoms with Gasteiger partial charge in [0.2, 0.25) is 5.69 Å². The first-order valence-electron chi connectivity index (χ1n) is 4.27. The molecule has 0 radical (unpaired) electrons. The van der Waals surface area contributed by atoms with Crippen LogP contribution in [0.2, 0.25) is 5.02 Å². The summed E-state index contributed by atoms with van der Waals surface area (Å²) >= 11 is 5.79. The van der Waals surface area contributed by atoms with E-state index in [1.165, 1.54) is 12.1 Å². The highest BCUT2D eigenvalue weighted by atomic mass is 35.5. The normalized spacial score (nSPS) is 10.3. The van der Waals surface area contributed by atoms with Gasteiger partial charge in [-0.05, 0) is 12.1 Å². The second kappa shape index (κ2) is 3.86. The molecule has 0 aliphatic rings. The van der Waals surface area contributed by atoms with Gasteiger partial charge in [-0.15, -0.1) is 0 Å². The average molecular weight is 240 g/mol. The minimum absolute atomic E-state index is 0.0295. The van der Waals surface area contributed by atoms with Crippen molar-refractivity contribution in [3.05, 3.63) is 35.0 Å². The van der Waals surface area contributed by atoms with Crippen molar-refractivity contribution in [2.24, 2.45) is 0 Å². The molecule has 0 spiro atoms. The third kappa shape index (κ3) is 1.72. The predicted octanol–water partition coefficient (Wildman–Crippen LogP) is 2.40. The van der Waals surface area contributed by atoms with E-state index >= 15 is 0 Å². The number of halogens is 1. The Labute approximate surface area is 94.9 Å². The lowest BCUT2D eigenvalue weighted by Crippen LogP contribution is -1.96. The summed E-state index contributed by atoms with van der Waals surface area (Å²) in [5.74, 6) is -1.11. The number of benzene rings is 1. The number of aromatic carboxylic acids is 1. The molecule has 0 aliphatic carbocycles. The van der Waals surface area contributed by atoms with Crippen molar-refractivity contribution in [2.75, 3.05) is 0 Å². The van der Waals surface area contributed by atoms with Gasteiger partial charge < -0.3 is 14.7 Å². The van der Waals surface area contributed by atoms with Crippen LogP contribution in [0.15, 0.2) is 28.8 Å². The first-order valence-corrected chi connectivity index (χ1v) is 4.65. The van der Waals surface area contributed by atoms with E-state index in [0.29, 0.717) is 5.56 Å². The first-order chi connectivity index (χ1) is 7.59. The van der Waals surface area contributed by atoms with Crippen LogP contribution in [-0.2, 0) is 0 Å². The van der Waals surface area contributed by atoms with Crippen LogP contribution in [0.5, 0.6) is 5.75 Å². The van der Waals surface area contributed by atoms with Crippen molar-refractivity contribution in [3.8, 4) is 17.1 Å². The smallest absolute Gasteiger partial charge is 0.359 e. The quantitative estimate of drug-likeness (QED) is 0.841. The molecular formula is C10H6ClNO4. The molecule has 0 aliphatic heterocycles. The number of rotatable bonds is 2.